The fourth-order valence-corrected chi connectivity index (χ4v) is 3.33. The van der Waals surface area contributed by atoms with E-state index >= 15 is 0 Å². The Bertz CT molecular complexity index is 452. The third-order valence-electron chi connectivity index (χ3n) is 4.31. The normalized spacial score (nSPS) is 30.1. The molecule has 0 aromatic heterocycles. The second-order valence-corrected chi connectivity index (χ2v) is 6.42. The van der Waals surface area contributed by atoms with Crippen LogP contribution in [-0.2, 0) is 12.0 Å². The van der Waals surface area contributed by atoms with Crippen LogP contribution < -0.4 is 10.5 Å². The molecule has 1 aromatic carbocycles. The minimum Gasteiger partial charge on any atom is -0.493 e. The molecule has 1 unspecified atom stereocenters. The zero-order chi connectivity index (χ0) is 12.1. The van der Waals surface area contributed by atoms with E-state index in [0.29, 0.717) is 5.41 Å². The van der Waals surface area contributed by atoms with E-state index in [9.17, 15) is 0 Å². The molecule has 1 aromatic rings. The fraction of sp³-hybridized carbons (Fsp3) is 0.600. The molecule has 17 heavy (non-hydrogen) atoms. The molecular weight excluding hydrogens is 210 g/mol. The molecule has 0 radical (unpaired) electrons. The summed E-state index contributed by atoms with van der Waals surface area (Å²) in [7, 11) is 0. The second kappa shape index (κ2) is 3.49. The molecule has 0 saturated heterocycles. The van der Waals surface area contributed by atoms with Gasteiger partial charge < -0.3 is 10.5 Å². The predicted octanol–water partition coefficient (Wildman–Crippen LogP) is 2.99. The van der Waals surface area contributed by atoms with Crippen LogP contribution in [0.3, 0.4) is 0 Å². The fourth-order valence-electron chi connectivity index (χ4n) is 3.33. The molecule has 0 spiro atoms. The molecule has 2 aliphatic rings. The van der Waals surface area contributed by atoms with Crippen LogP contribution in [-0.4, -0.2) is 6.61 Å². The number of nitrogens with two attached hydrogens (primary N) is 1. The second-order valence-electron chi connectivity index (χ2n) is 6.42. The third-order valence-corrected chi connectivity index (χ3v) is 4.31. The number of hydrogen-bond donors (Lipinski definition) is 1. The van der Waals surface area contributed by atoms with Gasteiger partial charge in [-0.15, -0.1) is 0 Å². The van der Waals surface area contributed by atoms with Crippen molar-refractivity contribution < 1.29 is 4.74 Å². The average Bonchev–Trinajstić information content (AvgIpc) is 2.82. The highest BCUT2D eigenvalue weighted by Crippen LogP contribution is 2.48. The Labute approximate surface area is 103 Å². The summed E-state index contributed by atoms with van der Waals surface area (Å²) >= 11 is 0. The van der Waals surface area contributed by atoms with Gasteiger partial charge in [0.05, 0.1) is 6.61 Å². The van der Waals surface area contributed by atoms with Crippen LogP contribution in [0, 0.1) is 5.41 Å². The van der Waals surface area contributed by atoms with Gasteiger partial charge in [0.1, 0.15) is 5.75 Å². The van der Waals surface area contributed by atoms with Crippen LogP contribution in [0.4, 0.5) is 0 Å². The summed E-state index contributed by atoms with van der Waals surface area (Å²) in [5.41, 5.74) is 9.49. The van der Waals surface area contributed by atoms with Gasteiger partial charge in [-0.1, -0.05) is 26.0 Å². The summed E-state index contributed by atoms with van der Waals surface area (Å²) in [6.07, 6.45) is 4.43. The van der Waals surface area contributed by atoms with Crippen molar-refractivity contribution in [2.75, 3.05) is 6.61 Å². The topological polar surface area (TPSA) is 35.2 Å². The number of fused-ring (bicyclic) bond motifs is 1. The Kier molecular flexibility index (Phi) is 2.27. The van der Waals surface area contributed by atoms with Crippen molar-refractivity contribution in [1.29, 1.82) is 0 Å². The lowest BCUT2D eigenvalue weighted by Gasteiger charge is -2.27. The Balaban J connectivity index is 1.94. The summed E-state index contributed by atoms with van der Waals surface area (Å²) in [6, 6.07) is 6.52. The lowest BCUT2D eigenvalue weighted by Crippen LogP contribution is -2.34. The van der Waals surface area contributed by atoms with E-state index in [1.54, 1.807) is 0 Å². The van der Waals surface area contributed by atoms with Crippen LogP contribution >= 0.6 is 0 Å². The number of benzene rings is 1. The van der Waals surface area contributed by atoms with Gasteiger partial charge in [0.15, 0.2) is 0 Å². The molecule has 1 saturated carbocycles. The first-order valence-electron chi connectivity index (χ1n) is 6.54. The van der Waals surface area contributed by atoms with E-state index in [4.69, 9.17) is 10.5 Å². The molecule has 1 fully saturated rings. The molecule has 0 amide bonds. The molecule has 0 bridgehead atoms. The van der Waals surface area contributed by atoms with Crippen molar-refractivity contribution in [1.82, 2.24) is 0 Å². The minimum atomic E-state index is -0.124. The van der Waals surface area contributed by atoms with Crippen molar-refractivity contribution >= 4 is 0 Å². The maximum atomic E-state index is 6.61. The lowest BCUT2D eigenvalue weighted by atomic mass is 9.83. The van der Waals surface area contributed by atoms with Gasteiger partial charge in [0.25, 0.3) is 0 Å². The van der Waals surface area contributed by atoms with Gasteiger partial charge in [-0.3, -0.25) is 0 Å². The molecule has 92 valence electrons. The zero-order valence-electron chi connectivity index (χ0n) is 10.8. The van der Waals surface area contributed by atoms with Crippen molar-refractivity contribution in [3.8, 4) is 5.75 Å². The largest absolute Gasteiger partial charge is 0.493 e. The van der Waals surface area contributed by atoms with Gasteiger partial charge in [-0.05, 0) is 41.9 Å². The van der Waals surface area contributed by atoms with Crippen LogP contribution in [0.25, 0.3) is 0 Å². The van der Waals surface area contributed by atoms with E-state index in [-0.39, 0.29) is 5.54 Å². The van der Waals surface area contributed by atoms with Crippen molar-refractivity contribution in [3.63, 3.8) is 0 Å². The SMILES string of the molecule is CC1(C)CCC(N)(c2ccc3c(c2)CCO3)C1. The molecule has 1 aliphatic carbocycles. The quantitative estimate of drug-likeness (QED) is 0.806. The predicted molar refractivity (Wildman–Crippen MR) is 69.1 cm³/mol. The van der Waals surface area contributed by atoms with Crippen LogP contribution in [0.2, 0.25) is 0 Å². The Morgan fingerprint density at radius 1 is 1.24 bits per heavy atom. The summed E-state index contributed by atoms with van der Waals surface area (Å²) < 4.78 is 5.55. The first kappa shape index (κ1) is 11.1. The average molecular weight is 231 g/mol. The standard InChI is InChI=1S/C15H21NO/c1-14(2)6-7-15(16,10-14)12-3-4-13-11(9-12)5-8-17-13/h3-4,9H,5-8,10,16H2,1-2H3. The minimum absolute atomic E-state index is 0.124. The first-order valence-corrected chi connectivity index (χ1v) is 6.54. The van der Waals surface area contributed by atoms with Crippen molar-refractivity contribution in [3.05, 3.63) is 29.3 Å². The third kappa shape index (κ3) is 1.85. The summed E-state index contributed by atoms with van der Waals surface area (Å²) in [5, 5.41) is 0. The number of hydrogen-bond acceptors (Lipinski definition) is 2. The van der Waals surface area contributed by atoms with Crippen LogP contribution in [0.1, 0.15) is 44.2 Å². The molecule has 1 atom stereocenters. The molecule has 2 heteroatoms. The molecule has 1 heterocycles. The van der Waals surface area contributed by atoms with Gasteiger partial charge in [-0.2, -0.15) is 0 Å². The molecule has 3 rings (SSSR count). The Morgan fingerprint density at radius 3 is 2.76 bits per heavy atom. The monoisotopic (exact) mass is 231 g/mol. The lowest BCUT2D eigenvalue weighted by molar-refractivity contribution is 0.339. The Hall–Kier alpha value is -1.02. The smallest absolute Gasteiger partial charge is 0.122 e. The molecular formula is C15H21NO. The maximum Gasteiger partial charge on any atom is 0.122 e. The summed E-state index contributed by atoms with van der Waals surface area (Å²) in [6.45, 7) is 5.46. The van der Waals surface area contributed by atoms with E-state index in [2.05, 4.69) is 32.0 Å². The summed E-state index contributed by atoms with van der Waals surface area (Å²) in [4.78, 5) is 0. The van der Waals surface area contributed by atoms with Crippen molar-refractivity contribution in [2.24, 2.45) is 11.1 Å². The van der Waals surface area contributed by atoms with Crippen LogP contribution in [0.15, 0.2) is 18.2 Å². The van der Waals surface area contributed by atoms with Gasteiger partial charge >= 0.3 is 0 Å². The zero-order valence-corrected chi connectivity index (χ0v) is 10.8. The highest BCUT2D eigenvalue weighted by molar-refractivity contribution is 5.42. The van der Waals surface area contributed by atoms with Gasteiger partial charge in [0, 0.05) is 12.0 Å². The highest BCUT2D eigenvalue weighted by atomic mass is 16.5. The van der Waals surface area contributed by atoms with Crippen LogP contribution in [0.5, 0.6) is 5.75 Å². The maximum absolute atomic E-state index is 6.61. The van der Waals surface area contributed by atoms with Gasteiger partial charge in [0.2, 0.25) is 0 Å². The van der Waals surface area contributed by atoms with E-state index in [0.717, 1.165) is 31.6 Å². The molecule has 2 N–H and O–H groups in total. The van der Waals surface area contributed by atoms with E-state index < -0.39 is 0 Å². The molecule has 1 aliphatic heterocycles. The summed E-state index contributed by atoms with van der Waals surface area (Å²) in [5.74, 6) is 1.05. The van der Waals surface area contributed by atoms with E-state index in [1.165, 1.54) is 17.5 Å². The first-order chi connectivity index (χ1) is 7.99. The highest BCUT2D eigenvalue weighted by Gasteiger charge is 2.41. The number of rotatable bonds is 1. The van der Waals surface area contributed by atoms with Crippen molar-refractivity contribution in [2.45, 2.75) is 45.1 Å². The van der Waals surface area contributed by atoms with Gasteiger partial charge in [-0.25, -0.2) is 0 Å². The number of ether oxygens (including phenoxy) is 1. The Morgan fingerprint density at radius 2 is 2.06 bits per heavy atom. The van der Waals surface area contributed by atoms with E-state index in [1.807, 2.05) is 0 Å². The molecule has 2 nitrogen and oxygen atoms in total.